The third-order valence-corrected chi connectivity index (χ3v) is 2.30. The van der Waals surface area contributed by atoms with Gasteiger partial charge in [0.15, 0.2) is 0 Å². The molecule has 0 radical (unpaired) electrons. The molecule has 3 N–H and O–H groups in total. The van der Waals surface area contributed by atoms with Gasteiger partial charge >= 0.3 is 5.69 Å². The lowest BCUT2D eigenvalue weighted by atomic mass is 10.2. The number of nitrogens with one attached hydrogen (secondary N) is 1. The van der Waals surface area contributed by atoms with Gasteiger partial charge in [0.1, 0.15) is 6.20 Å². The van der Waals surface area contributed by atoms with Crippen LogP contribution in [0.25, 0.3) is 0 Å². The summed E-state index contributed by atoms with van der Waals surface area (Å²) in [5.41, 5.74) is 1.96. The number of ether oxygens (including phenoxy) is 1. The molecule has 1 heterocycles. The van der Waals surface area contributed by atoms with Gasteiger partial charge in [-0.2, -0.15) is 4.98 Å². The molecular weight excluding hydrogens is 238 g/mol. The number of unbranched alkanes of at least 4 members (excludes halogenated alkanes) is 3. The van der Waals surface area contributed by atoms with Gasteiger partial charge in [0.25, 0.3) is 5.88 Å². The molecule has 0 unspecified atom stereocenters. The van der Waals surface area contributed by atoms with Gasteiger partial charge in [0, 0.05) is 0 Å². The molecule has 0 spiro atoms. The lowest BCUT2D eigenvalue weighted by Gasteiger charge is -2.06. The topological polar surface area (TPSA) is 116 Å². The highest BCUT2D eigenvalue weighted by Crippen LogP contribution is 2.24. The Bertz CT molecular complexity index is 399. The van der Waals surface area contributed by atoms with E-state index in [1.807, 2.05) is 0 Å². The summed E-state index contributed by atoms with van der Waals surface area (Å²) in [6.07, 6.45) is 5.17. The Balaban J connectivity index is 2.63. The third kappa shape index (κ3) is 4.13. The Morgan fingerprint density at radius 1 is 1.50 bits per heavy atom. The zero-order valence-electron chi connectivity index (χ0n) is 10.3. The molecule has 100 valence electrons. The van der Waals surface area contributed by atoms with Gasteiger partial charge in [-0.25, -0.2) is 10.8 Å². The lowest BCUT2D eigenvalue weighted by Crippen LogP contribution is -2.12. The van der Waals surface area contributed by atoms with Crippen LogP contribution in [-0.4, -0.2) is 21.5 Å². The van der Waals surface area contributed by atoms with Gasteiger partial charge in [-0.05, 0) is 6.42 Å². The molecule has 0 amide bonds. The van der Waals surface area contributed by atoms with Crippen LogP contribution in [0.3, 0.4) is 0 Å². The molecule has 0 fully saturated rings. The van der Waals surface area contributed by atoms with Gasteiger partial charge in [0.05, 0.1) is 11.5 Å². The second kappa shape index (κ2) is 7.38. The maximum atomic E-state index is 10.8. The SMILES string of the molecule is CCCCCCOc1nc(NN)ncc1[N+](=O)[O-]. The van der Waals surface area contributed by atoms with E-state index >= 15 is 0 Å². The van der Waals surface area contributed by atoms with Crippen molar-refractivity contribution in [1.29, 1.82) is 0 Å². The molecule has 0 aliphatic carbocycles. The van der Waals surface area contributed by atoms with Crippen LogP contribution in [0.15, 0.2) is 6.20 Å². The van der Waals surface area contributed by atoms with Crippen LogP contribution in [0.5, 0.6) is 5.88 Å². The van der Waals surface area contributed by atoms with Crippen LogP contribution in [0.2, 0.25) is 0 Å². The number of nitrogens with two attached hydrogens (primary N) is 1. The van der Waals surface area contributed by atoms with Gasteiger partial charge in [-0.15, -0.1) is 0 Å². The quantitative estimate of drug-likeness (QED) is 0.314. The van der Waals surface area contributed by atoms with Gasteiger partial charge in [-0.3, -0.25) is 15.5 Å². The monoisotopic (exact) mass is 255 g/mol. The number of hydrazine groups is 1. The van der Waals surface area contributed by atoms with E-state index in [9.17, 15) is 10.1 Å². The summed E-state index contributed by atoms with van der Waals surface area (Å²) in [7, 11) is 0. The van der Waals surface area contributed by atoms with Gasteiger partial charge < -0.3 is 4.74 Å². The zero-order valence-corrected chi connectivity index (χ0v) is 10.3. The predicted molar refractivity (Wildman–Crippen MR) is 66.1 cm³/mol. The first-order valence-corrected chi connectivity index (χ1v) is 5.80. The fourth-order valence-electron chi connectivity index (χ4n) is 1.36. The summed E-state index contributed by atoms with van der Waals surface area (Å²) >= 11 is 0. The van der Waals surface area contributed by atoms with Crippen molar-refractivity contribution in [2.45, 2.75) is 32.6 Å². The molecule has 0 saturated carbocycles. The molecule has 0 atom stereocenters. The first kappa shape index (κ1) is 14.1. The number of nitrogen functional groups attached to an aromatic ring is 1. The van der Waals surface area contributed by atoms with Crippen molar-refractivity contribution in [3.05, 3.63) is 16.3 Å². The van der Waals surface area contributed by atoms with Crippen LogP contribution >= 0.6 is 0 Å². The largest absolute Gasteiger partial charge is 0.473 e. The molecular formula is C10H17N5O3. The van der Waals surface area contributed by atoms with Crippen LogP contribution in [0.4, 0.5) is 11.6 Å². The van der Waals surface area contributed by atoms with Crippen LogP contribution in [0.1, 0.15) is 32.6 Å². The van der Waals surface area contributed by atoms with E-state index in [2.05, 4.69) is 22.3 Å². The second-order valence-electron chi connectivity index (χ2n) is 3.69. The Hall–Kier alpha value is -1.96. The molecule has 1 aromatic heterocycles. The highest BCUT2D eigenvalue weighted by Gasteiger charge is 2.18. The van der Waals surface area contributed by atoms with Crippen molar-refractivity contribution < 1.29 is 9.66 Å². The number of nitrogens with zero attached hydrogens (tertiary/aromatic N) is 3. The molecule has 1 rings (SSSR count). The number of nitro groups is 1. The summed E-state index contributed by atoms with van der Waals surface area (Å²) in [6.45, 7) is 2.50. The standard InChI is InChI=1S/C10H17N5O3/c1-2-3-4-5-6-18-9-8(15(16)17)7-12-10(13-9)14-11/h7H,2-6,11H2,1H3,(H,12,13,14). The average Bonchev–Trinajstić information content (AvgIpc) is 2.38. The first-order chi connectivity index (χ1) is 8.69. The number of anilines is 1. The van der Waals surface area contributed by atoms with E-state index < -0.39 is 4.92 Å². The fourth-order valence-corrected chi connectivity index (χ4v) is 1.36. The minimum atomic E-state index is -0.582. The molecule has 8 heteroatoms. The Labute approximate surface area is 105 Å². The Morgan fingerprint density at radius 2 is 2.28 bits per heavy atom. The van der Waals surface area contributed by atoms with E-state index in [0.29, 0.717) is 6.61 Å². The van der Waals surface area contributed by atoms with E-state index in [1.165, 1.54) is 0 Å². The van der Waals surface area contributed by atoms with Crippen molar-refractivity contribution in [2.24, 2.45) is 5.84 Å². The summed E-state index contributed by atoms with van der Waals surface area (Å²) in [4.78, 5) is 17.7. The van der Waals surface area contributed by atoms with Gasteiger partial charge in [-0.1, -0.05) is 26.2 Å². The maximum absolute atomic E-state index is 10.8. The highest BCUT2D eigenvalue weighted by molar-refractivity contribution is 5.42. The second-order valence-corrected chi connectivity index (χ2v) is 3.69. The fraction of sp³-hybridized carbons (Fsp3) is 0.600. The summed E-state index contributed by atoms with van der Waals surface area (Å²) in [5, 5.41) is 10.8. The molecule has 1 aromatic rings. The minimum Gasteiger partial charge on any atom is -0.473 e. The minimum absolute atomic E-state index is 0.0561. The molecule has 0 aliphatic rings. The van der Waals surface area contributed by atoms with Crippen molar-refractivity contribution in [1.82, 2.24) is 9.97 Å². The summed E-state index contributed by atoms with van der Waals surface area (Å²) in [6, 6.07) is 0. The van der Waals surface area contributed by atoms with E-state index in [-0.39, 0.29) is 17.5 Å². The Morgan fingerprint density at radius 3 is 2.89 bits per heavy atom. The first-order valence-electron chi connectivity index (χ1n) is 5.80. The molecule has 0 aromatic carbocycles. The average molecular weight is 255 g/mol. The molecule has 0 bridgehead atoms. The molecule has 18 heavy (non-hydrogen) atoms. The van der Waals surface area contributed by atoms with Crippen LogP contribution < -0.4 is 16.0 Å². The number of hydrogen-bond acceptors (Lipinski definition) is 7. The van der Waals surface area contributed by atoms with Crippen LogP contribution in [-0.2, 0) is 0 Å². The normalized spacial score (nSPS) is 10.1. The zero-order chi connectivity index (χ0) is 13.4. The number of rotatable bonds is 8. The smallest absolute Gasteiger partial charge is 0.349 e. The summed E-state index contributed by atoms with van der Waals surface area (Å²) < 4.78 is 5.30. The van der Waals surface area contributed by atoms with Crippen LogP contribution in [0, 0.1) is 10.1 Å². The van der Waals surface area contributed by atoms with Crippen molar-refractivity contribution in [2.75, 3.05) is 12.0 Å². The molecule has 0 aliphatic heterocycles. The predicted octanol–water partition coefficient (Wildman–Crippen LogP) is 1.63. The summed E-state index contributed by atoms with van der Waals surface area (Å²) in [5.74, 6) is 5.17. The van der Waals surface area contributed by atoms with Gasteiger partial charge in [0.2, 0.25) is 5.95 Å². The highest BCUT2D eigenvalue weighted by atomic mass is 16.6. The lowest BCUT2D eigenvalue weighted by molar-refractivity contribution is -0.386. The Kier molecular flexibility index (Phi) is 5.78. The molecule has 8 nitrogen and oxygen atoms in total. The van der Waals surface area contributed by atoms with E-state index in [0.717, 1.165) is 31.9 Å². The number of aromatic nitrogens is 2. The third-order valence-electron chi connectivity index (χ3n) is 2.30. The van der Waals surface area contributed by atoms with E-state index in [1.54, 1.807) is 0 Å². The maximum Gasteiger partial charge on any atom is 0.349 e. The van der Waals surface area contributed by atoms with Crippen molar-refractivity contribution >= 4 is 11.6 Å². The van der Waals surface area contributed by atoms with E-state index in [4.69, 9.17) is 10.6 Å². The van der Waals surface area contributed by atoms with Crippen molar-refractivity contribution in [3.63, 3.8) is 0 Å². The molecule has 0 saturated heterocycles. The van der Waals surface area contributed by atoms with Crippen molar-refractivity contribution in [3.8, 4) is 5.88 Å². The number of hydrogen-bond donors (Lipinski definition) is 2.